The average molecular weight is 262 g/mol. The third kappa shape index (κ3) is 2.53. The van der Waals surface area contributed by atoms with Gasteiger partial charge in [0.25, 0.3) is 0 Å². The van der Waals surface area contributed by atoms with E-state index in [2.05, 4.69) is 12.1 Å². The lowest BCUT2D eigenvalue weighted by Gasteiger charge is -2.31. The average Bonchev–Trinajstić information content (AvgIpc) is 2.38. The number of nitrogens with zero attached hydrogens (tertiary/aromatic N) is 1. The Labute approximate surface area is 113 Å². The lowest BCUT2D eigenvalue weighted by Crippen LogP contribution is -2.43. The van der Waals surface area contributed by atoms with Gasteiger partial charge in [-0.1, -0.05) is 43.4 Å². The summed E-state index contributed by atoms with van der Waals surface area (Å²) in [5.74, 6) is -0.246. The van der Waals surface area contributed by atoms with E-state index in [0.29, 0.717) is 18.0 Å². The van der Waals surface area contributed by atoms with Gasteiger partial charge in [-0.25, -0.2) is 0 Å². The fourth-order valence-electron chi connectivity index (χ4n) is 2.40. The first kappa shape index (κ1) is 13.0. The molecule has 1 unspecified atom stereocenters. The molecule has 2 rings (SSSR count). The standard InChI is InChI=1S/C14H18N2OS/c1-2-12(13(15)18)14(17)16-8-7-10-5-3-4-6-11(10)9-16/h3-6,12H,2,7-9H2,1H3,(H2,15,18). The maximum atomic E-state index is 12.3. The Hall–Kier alpha value is -1.42. The SMILES string of the molecule is CCC(C(=O)N1CCc2ccccc2C1)C(N)=S. The molecular formula is C14H18N2OS. The van der Waals surface area contributed by atoms with Crippen molar-refractivity contribution in [1.82, 2.24) is 4.90 Å². The summed E-state index contributed by atoms with van der Waals surface area (Å²) < 4.78 is 0. The van der Waals surface area contributed by atoms with Gasteiger partial charge >= 0.3 is 0 Å². The molecule has 0 saturated heterocycles. The van der Waals surface area contributed by atoms with E-state index in [1.54, 1.807) is 0 Å². The lowest BCUT2D eigenvalue weighted by atomic mass is 9.97. The van der Waals surface area contributed by atoms with Crippen molar-refractivity contribution in [2.75, 3.05) is 6.54 Å². The summed E-state index contributed by atoms with van der Waals surface area (Å²) in [6.07, 6.45) is 1.59. The molecule has 1 aliphatic heterocycles. The minimum absolute atomic E-state index is 0.0690. The van der Waals surface area contributed by atoms with Crippen LogP contribution in [0.5, 0.6) is 0 Å². The van der Waals surface area contributed by atoms with Crippen LogP contribution in [0.15, 0.2) is 24.3 Å². The zero-order chi connectivity index (χ0) is 13.1. The van der Waals surface area contributed by atoms with Crippen molar-refractivity contribution in [2.24, 2.45) is 11.7 Å². The Balaban J connectivity index is 2.13. The molecule has 0 aliphatic carbocycles. The number of carbonyl (C=O) groups excluding carboxylic acids is 1. The molecule has 3 nitrogen and oxygen atoms in total. The minimum atomic E-state index is -0.315. The first-order valence-corrected chi connectivity index (χ1v) is 6.69. The van der Waals surface area contributed by atoms with Gasteiger partial charge in [0.1, 0.15) is 0 Å². The predicted octanol–water partition coefficient (Wildman–Crippen LogP) is 1.88. The molecule has 0 spiro atoms. The number of carbonyl (C=O) groups is 1. The summed E-state index contributed by atoms with van der Waals surface area (Å²) in [5, 5.41) is 0. The lowest BCUT2D eigenvalue weighted by molar-refractivity contribution is -0.134. The Morgan fingerprint density at radius 2 is 2.11 bits per heavy atom. The molecule has 1 amide bonds. The van der Waals surface area contributed by atoms with Crippen LogP contribution in [0.1, 0.15) is 24.5 Å². The third-order valence-corrected chi connectivity index (χ3v) is 3.78. The number of hydrogen-bond acceptors (Lipinski definition) is 2. The maximum absolute atomic E-state index is 12.3. The van der Waals surface area contributed by atoms with Crippen LogP contribution in [0.4, 0.5) is 0 Å². The summed E-state index contributed by atoms with van der Waals surface area (Å²) in [5.41, 5.74) is 8.20. The van der Waals surface area contributed by atoms with Crippen molar-refractivity contribution in [1.29, 1.82) is 0 Å². The molecule has 1 aromatic rings. The van der Waals surface area contributed by atoms with E-state index in [1.165, 1.54) is 11.1 Å². The van der Waals surface area contributed by atoms with Gasteiger partial charge in [0.15, 0.2) is 0 Å². The molecule has 4 heteroatoms. The Kier molecular flexibility index (Phi) is 3.97. The van der Waals surface area contributed by atoms with E-state index in [0.717, 1.165) is 13.0 Å². The Morgan fingerprint density at radius 3 is 2.72 bits per heavy atom. The van der Waals surface area contributed by atoms with Crippen molar-refractivity contribution in [2.45, 2.75) is 26.3 Å². The van der Waals surface area contributed by atoms with Gasteiger partial charge in [0.2, 0.25) is 5.91 Å². The van der Waals surface area contributed by atoms with E-state index < -0.39 is 0 Å². The monoisotopic (exact) mass is 262 g/mol. The van der Waals surface area contributed by atoms with E-state index in [4.69, 9.17) is 18.0 Å². The number of fused-ring (bicyclic) bond motifs is 1. The van der Waals surface area contributed by atoms with Crippen LogP contribution in [0.25, 0.3) is 0 Å². The molecule has 1 aliphatic rings. The van der Waals surface area contributed by atoms with E-state index in [-0.39, 0.29) is 11.8 Å². The van der Waals surface area contributed by atoms with Crippen molar-refractivity contribution in [3.8, 4) is 0 Å². The summed E-state index contributed by atoms with van der Waals surface area (Å²) in [6, 6.07) is 8.26. The Morgan fingerprint density at radius 1 is 1.44 bits per heavy atom. The first-order valence-electron chi connectivity index (χ1n) is 6.28. The molecule has 0 radical (unpaired) electrons. The largest absolute Gasteiger partial charge is 0.393 e. The highest BCUT2D eigenvalue weighted by molar-refractivity contribution is 7.80. The summed E-state index contributed by atoms with van der Waals surface area (Å²) in [7, 11) is 0. The van der Waals surface area contributed by atoms with Crippen molar-refractivity contribution in [3.63, 3.8) is 0 Å². The van der Waals surface area contributed by atoms with E-state index >= 15 is 0 Å². The van der Waals surface area contributed by atoms with E-state index in [9.17, 15) is 4.79 Å². The second-order valence-electron chi connectivity index (χ2n) is 4.64. The van der Waals surface area contributed by atoms with Gasteiger partial charge in [-0.2, -0.15) is 0 Å². The summed E-state index contributed by atoms with van der Waals surface area (Å²) >= 11 is 4.97. The summed E-state index contributed by atoms with van der Waals surface area (Å²) in [4.78, 5) is 14.5. The Bertz CT molecular complexity index is 473. The highest BCUT2D eigenvalue weighted by Gasteiger charge is 2.27. The van der Waals surface area contributed by atoms with Gasteiger partial charge in [0.05, 0.1) is 10.9 Å². The zero-order valence-electron chi connectivity index (χ0n) is 10.6. The zero-order valence-corrected chi connectivity index (χ0v) is 11.4. The molecule has 1 heterocycles. The first-order chi connectivity index (χ1) is 8.63. The van der Waals surface area contributed by atoms with Crippen LogP contribution in [-0.2, 0) is 17.8 Å². The van der Waals surface area contributed by atoms with Gasteiger partial charge in [-0.05, 0) is 24.0 Å². The molecule has 1 atom stereocenters. The molecule has 96 valence electrons. The minimum Gasteiger partial charge on any atom is -0.393 e. The predicted molar refractivity (Wildman–Crippen MR) is 76.1 cm³/mol. The van der Waals surface area contributed by atoms with Crippen LogP contribution in [0.2, 0.25) is 0 Å². The van der Waals surface area contributed by atoms with Gasteiger partial charge < -0.3 is 10.6 Å². The number of thiocarbonyl (C=S) groups is 1. The van der Waals surface area contributed by atoms with Gasteiger partial charge in [-0.3, -0.25) is 4.79 Å². The van der Waals surface area contributed by atoms with Crippen LogP contribution >= 0.6 is 12.2 Å². The smallest absolute Gasteiger partial charge is 0.232 e. The summed E-state index contributed by atoms with van der Waals surface area (Å²) in [6.45, 7) is 3.38. The van der Waals surface area contributed by atoms with Gasteiger partial charge in [-0.15, -0.1) is 0 Å². The maximum Gasteiger partial charge on any atom is 0.232 e. The fraction of sp³-hybridized carbons (Fsp3) is 0.429. The highest BCUT2D eigenvalue weighted by Crippen LogP contribution is 2.20. The van der Waals surface area contributed by atoms with Crippen molar-refractivity contribution < 1.29 is 4.79 Å². The van der Waals surface area contributed by atoms with Crippen LogP contribution in [0.3, 0.4) is 0 Å². The molecule has 0 fully saturated rings. The number of benzene rings is 1. The second kappa shape index (κ2) is 5.48. The van der Waals surface area contributed by atoms with Crippen molar-refractivity contribution in [3.05, 3.63) is 35.4 Å². The third-order valence-electron chi connectivity index (χ3n) is 3.49. The molecule has 1 aromatic carbocycles. The van der Waals surface area contributed by atoms with Crippen LogP contribution < -0.4 is 5.73 Å². The molecule has 0 aromatic heterocycles. The molecular weight excluding hydrogens is 244 g/mol. The normalized spacial score (nSPS) is 15.9. The van der Waals surface area contributed by atoms with Crippen LogP contribution in [0, 0.1) is 5.92 Å². The van der Waals surface area contributed by atoms with Gasteiger partial charge in [0, 0.05) is 13.1 Å². The van der Waals surface area contributed by atoms with Crippen molar-refractivity contribution >= 4 is 23.1 Å². The number of amides is 1. The molecule has 2 N–H and O–H groups in total. The number of rotatable bonds is 3. The number of nitrogens with two attached hydrogens (primary N) is 1. The molecule has 18 heavy (non-hydrogen) atoms. The quantitative estimate of drug-likeness (QED) is 0.846. The topological polar surface area (TPSA) is 46.3 Å². The number of hydrogen-bond donors (Lipinski definition) is 1. The molecule has 0 bridgehead atoms. The van der Waals surface area contributed by atoms with Crippen LogP contribution in [-0.4, -0.2) is 22.3 Å². The second-order valence-corrected chi connectivity index (χ2v) is 5.11. The molecule has 0 saturated carbocycles. The highest BCUT2D eigenvalue weighted by atomic mass is 32.1. The fourth-order valence-corrected chi connectivity index (χ4v) is 2.67. The van der Waals surface area contributed by atoms with E-state index in [1.807, 2.05) is 24.0 Å².